The van der Waals surface area contributed by atoms with E-state index in [9.17, 15) is 21.6 Å². The summed E-state index contributed by atoms with van der Waals surface area (Å²) >= 11 is 0. The summed E-state index contributed by atoms with van der Waals surface area (Å²) in [6.07, 6.45) is -4.51. The summed E-state index contributed by atoms with van der Waals surface area (Å²) in [5, 5.41) is 0.411. The van der Waals surface area contributed by atoms with Gasteiger partial charge in [0.15, 0.2) is 0 Å². The number of aryl methyl sites for hydroxylation is 1. The molecule has 7 heteroatoms. The number of rotatable bonds is 3. The van der Waals surface area contributed by atoms with E-state index in [1.165, 1.54) is 30.3 Å². The van der Waals surface area contributed by atoms with Crippen molar-refractivity contribution in [1.29, 1.82) is 0 Å². The van der Waals surface area contributed by atoms with E-state index < -0.39 is 21.6 Å². The first-order valence-corrected chi connectivity index (χ1v) is 10.5. The zero-order valence-electron chi connectivity index (χ0n) is 15.8. The van der Waals surface area contributed by atoms with Crippen molar-refractivity contribution in [2.75, 3.05) is 0 Å². The highest BCUT2D eigenvalue weighted by molar-refractivity contribution is 7.91. The van der Waals surface area contributed by atoms with Gasteiger partial charge in [0.25, 0.3) is 0 Å². The minimum Gasteiger partial charge on any atom is -0.248 e. The summed E-state index contributed by atoms with van der Waals surface area (Å²) < 4.78 is 66.2. The molecule has 152 valence electrons. The normalized spacial score (nSPS) is 12.3. The van der Waals surface area contributed by atoms with Crippen molar-refractivity contribution >= 4 is 20.7 Å². The van der Waals surface area contributed by atoms with Crippen LogP contribution in [0.4, 0.5) is 13.2 Å². The molecule has 0 aliphatic rings. The minimum absolute atomic E-state index is 0.00404. The molecule has 0 N–H and O–H groups in total. The van der Waals surface area contributed by atoms with Gasteiger partial charge in [-0.2, -0.15) is 13.2 Å². The Morgan fingerprint density at radius 2 is 1.53 bits per heavy atom. The van der Waals surface area contributed by atoms with Gasteiger partial charge in [-0.25, -0.2) is 13.4 Å². The minimum atomic E-state index is -4.51. The van der Waals surface area contributed by atoms with Crippen LogP contribution in [0.3, 0.4) is 0 Å². The number of hydrogen-bond donors (Lipinski definition) is 0. The molecule has 30 heavy (non-hydrogen) atoms. The molecule has 0 saturated heterocycles. The van der Waals surface area contributed by atoms with Crippen molar-refractivity contribution in [1.82, 2.24) is 4.98 Å². The van der Waals surface area contributed by atoms with Crippen molar-refractivity contribution in [3.63, 3.8) is 0 Å². The van der Waals surface area contributed by atoms with Gasteiger partial charge in [0, 0.05) is 10.9 Å². The predicted molar refractivity (Wildman–Crippen MR) is 109 cm³/mol. The van der Waals surface area contributed by atoms with Crippen molar-refractivity contribution < 1.29 is 21.6 Å². The van der Waals surface area contributed by atoms with E-state index in [1.54, 1.807) is 36.4 Å². The Balaban J connectivity index is 1.97. The Morgan fingerprint density at radius 3 is 2.23 bits per heavy atom. The Hall–Kier alpha value is -3.19. The summed E-state index contributed by atoms with van der Waals surface area (Å²) in [5.41, 5.74) is 0.829. The number of para-hydroxylation sites is 1. The third-order valence-corrected chi connectivity index (χ3v) is 6.59. The molecular formula is C23H16F3NO2S. The summed E-state index contributed by atoms with van der Waals surface area (Å²) in [7, 11) is -3.91. The monoisotopic (exact) mass is 427 g/mol. The molecule has 0 amide bonds. The first kappa shape index (κ1) is 20.1. The molecule has 0 bridgehead atoms. The van der Waals surface area contributed by atoms with Gasteiger partial charge >= 0.3 is 6.18 Å². The highest BCUT2D eigenvalue weighted by atomic mass is 32.2. The molecule has 0 atom stereocenters. The van der Waals surface area contributed by atoms with E-state index in [0.29, 0.717) is 10.9 Å². The first-order chi connectivity index (χ1) is 14.2. The molecule has 0 aliphatic carbocycles. The Kier molecular flexibility index (Phi) is 4.86. The molecule has 0 radical (unpaired) electrons. The van der Waals surface area contributed by atoms with Gasteiger partial charge in [0.2, 0.25) is 9.84 Å². The smallest absolute Gasteiger partial charge is 0.248 e. The Bertz CT molecular complexity index is 1350. The first-order valence-electron chi connectivity index (χ1n) is 9.05. The average molecular weight is 427 g/mol. The van der Waals surface area contributed by atoms with E-state index in [2.05, 4.69) is 4.98 Å². The van der Waals surface area contributed by atoms with E-state index in [-0.39, 0.29) is 21.0 Å². The van der Waals surface area contributed by atoms with Gasteiger partial charge in [-0.05, 0) is 43.3 Å². The standard InChI is InChI=1S/C23H16F3NO2S/c1-15-9-11-18(12-10-15)30(28,29)22-14-21(27-20-8-3-2-7-19(20)22)16-5-4-6-17(13-16)23(24,25)26/h2-14H,1H3. The van der Waals surface area contributed by atoms with Gasteiger partial charge in [-0.15, -0.1) is 0 Å². The number of benzene rings is 3. The molecule has 1 aromatic heterocycles. The number of hydrogen-bond acceptors (Lipinski definition) is 3. The molecule has 1 heterocycles. The van der Waals surface area contributed by atoms with Crippen molar-refractivity contribution in [2.24, 2.45) is 0 Å². The van der Waals surface area contributed by atoms with Crippen LogP contribution in [0.1, 0.15) is 11.1 Å². The average Bonchev–Trinajstić information content (AvgIpc) is 2.72. The van der Waals surface area contributed by atoms with Gasteiger partial charge in [0.1, 0.15) is 0 Å². The number of sulfone groups is 1. The fraction of sp³-hybridized carbons (Fsp3) is 0.0870. The molecule has 0 unspecified atom stereocenters. The van der Waals surface area contributed by atoms with Crippen LogP contribution in [-0.2, 0) is 16.0 Å². The van der Waals surface area contributed by atoms with Crippen LogP contribution >= 0.6 is 0 Å². The van der Waals surface area contributed by atoms with Gasteiger partial charge in [0.05, 0.1) is 26.6 Å². The summed E-state index contributed by atoms with van der Waals surface area (Å²) in [4.78, 5) is 4.53. The van der Waals surface area contributed by atoms with Crippen molar-refractivity contribution in [2.45, 2.75) is 22.9 Å². The Morgan fingerprint density at radius 1 is 0.833 bits per heavy atom. The molecular weight excluding hydrogens is 411 g/mol. The molecule has 4 aromatic rings. The lowest BCUT2D eigenvalue weighted by Gasteiger charge is -2.12. The van der Waals surface area contributed by atoms with E-state index in [0.717, 1.165) is 17.7 Å². The lowest BCUT2D eigenvalue weighted by Crippen LogP contribution is -2.06. The summed E-state index contributed by atoms with van der Waals surface area (Å²) in [6.45, 7) is 1.85. The lowest BCUT2D eigenvalue weighted by molar-refractivity contribution is -0.137. The van der Waals surface area contributed by atoms with Crippen molar-refractivity contribution in [3.8, 4) is 11.3 Å². The SMILES string of the molecule is Cc1ccc(S(=O)(=O)c2cc(-c3cccc(C(F)(F)F)c3)nc3ccccc23)cc1. The number of halogens is 3. The molecule has 3 aromatic carbocycles. The molecule has 0 aliphatic heterocycles. The van der Waals surface area contributed by atoms with Gasteiger partial charge in [-0.1, -0.05) is 48.0 Å². The van der Waals surface area contributed by atoms with E-state index >= 15 is 0 Å². The molecule has 3 nitrogen and oxygen atoms in total. The van der Waals surface area contributed by atoms with Crippen LogP contribution in [-0.4, -0.2) is 13.4 Å². The van der Waals surface area contributed by atoms with Crippen LogP contribution in [0.25, 0.3) is 22.2 Å². The molecule has 0 spiro atoms. The highest BCUT2D eigenvalue weighted by Crippen LogP contribution is 2.35. The largest absolute Gasteiger partial charge is 0.416 e. The fourth-order valence-corrected chi connectivity index (χ4v) is 4.69. The topological polar surface area (TPSA) is 47.0 Å². The van der Waals surface area contributed by atoms with Crippen LogP contribution < -0.4 is 0 Å². The third-order valence-electron chi connectivity index (χ3n) is 4.78. The van der Waals surface area contributed by atoms with Crippen LogP contribution in [0.15, 0.2) is 88.7 Å². The van der Waals surface area contributed by atoms with Crippen LogP contribution in [0, 0.1) is 6.92 Å². The number of nitrogens with zero attached hydrogens (tertiary/aromatic N) is 1. The summed E-state index contributed by atoms with van der Waals surface area (Å²) in [5.74, 6) is 0. The van der Waals surface area contributed by atoms with Crippen LogP contribution in [0.2, 0.25) is 0 Å². The molecule has 0 fully saturated rings. The quantitative estimate of drug-likeness (QED) is 0.399. The second-order valence-electron chi connectivity index (χ2n) is 6.92. The van der Waals surface area contributed by atoms with Crippen molar-refractivity contribution in [3.05, 3.63) is 90.0 Å². The zero-order valence-corrected chi connectivity index (χ0v) is 16.6. The fourth-order valence-electron chi connectivity index (χ4n) is 3.21. The number of aromatic nitrogens is 1. The number of fused-ring (bicyclic) bond motifs is 1. The molecule has 0 saturated carbocycles. The highest BCUT2D eigenvalue weighted by Gasteiger charge is 2.31. The number of pyridine rings is 1. The maximum Gasteiger partial charge on any atom is 0.416 e. The third kappa shape index (κ3) is 3.68. The Labute approximate surface area is 171 Å². The van der Waals surface area contributed by atoms with Crippen LogP contribution in [0.5, 0.6) is 0 Å². The molecule has 4 rings (SSSR count). The number of alkyl halides is 3. The van der Waals surface area contributed by atoms with E-state index in [1.807, 2.05) is 6.92 Å². The maximum atomic E-state index is 13.4. The second kappa shape index (κ2) is 7.25. The lowest BCUT2D eigenvalue weighted by atomic mass is 10.1. The zero-order chi connectivity index (χ0) is 21.5. The maximum absolute atomic E-state index is 13.4. The van der Waals surface area contributed by atoms with Gasteiger partial charge < -0.3 is 0 Å². The van der Waals surface area contributed by atoms with E-state index in [4.69, 9.17) is 0 Å². The predicted octanol–water partition coefficient (Wildman–Crippen LogP) is 6.06. The second-order valence-corrected chi connectivity index (χ2v) is 8.84. The summed E-state index contributed by atoms with van der Waals surface area (Å²) in [6, 6.07) is 19.1. The van der Waals surface area contributed by atoms with Gasteiger partial charge in [-0.3, -0.25) is 0 Å².